The molecule has 0 saturated carbocycles. The van der Waals surface area contributed by atoms with Crippen LogP contribution in [0.15, 0.2) is 18.3 Å². The van der Waals surface area contributed by atoms with Crippen LogP contribution < -0.4 is 4.74 Å². The van der Waals surface area contributed by atoms with Gasteiger partial charge in [0.1, 0.15) is 10.8 Å². The van der Waals surface area contributed by atoms with E-state index in [-0.39, 0.29) is 11.2 Å². The fraction of sp³-hybridized carbons (Fsp3) is 0.231. The number of benzene rings is 1. The van der Waals surface area contributed by atoms with Crippen molar-refractivity contribution in [2.75, 3.05) is 0 Å². The Morgan fingerprint density at radius 3 is 2.44 bits per heavy atom. The summed E-state index contributed by atoms with van der Waals surface area (Å²) in [4.78, 5) is 7.77. The van der Waals surface area contributed by atoms with Crippen LogP contribution in [0.5, 0.6) is 11.6 Å². The molecule has 94 valence electrons. The molecule has 0 atom stereocenters. The van der Waals surface area contributed by atoms with Crippen molar-refractivity contribution in [3.05, 3.63) is 45.3 Å². The third-order valence-corrected chi connectivity index (χ3v) is 3.20. The third kappa shape index (κ3) is 2.57. The molecule has 0 fully saturated rings. The Morgan fingerprint density at radius 1 is 1.06 bits per heavy atom. The van der Waals surface area contributed by atoms with Crippen molar-refractivity contribution in [2.45, 2.75) is 20.8 Å². The van der Waals surface area contributed by atoms with Gasteiger partial charge in [0.25, 0.3) is 0 Å². The van der Waals surface area contributed by atoms with E-state index in [0.29, 0.717) is 5.02 Å². The zero-order chi connectivity index (χ0) is 13.3. The number of rotatable bonds is 2. The summed E-state index contributed by atoms with van der Waals surface area (Å²) in [6.07, 6.45) is 1.42. The van der Waals surface area contributed by atoms with Crippen molar-refractivity contribution >= 4 is 23.2 Å². The molecule has 0 aliphatic heterocycles. The molecule has 3 nitrogen and oxygen atoms in total. The standard InChI is InChI=1S/C13H12Cl2N2O/c1-7-4-5-8(2)11(9(7)3)18-12-10(14)6-16-13(15)17-12/h4-6H,1-3H3. The Labute approximate surface area is 116 Å². The monoisotopic (exact) mass is 282 g/mol. The predicted molar refractivity (Wildman–Crippen MR) is 72.8 cm³/mol. The van der Waals surface area contributed by atoms with Gasteiger partial charge in [-0.25, -0.2) is 4.98 Å². The molecule has 1 aromatic heterocycles. The number of nitrogens with zero attached hydrogens (tertiary/aromatic N) is 2. The number of aromatic nitrogens is 2. The van der Waals surface area contributed by atoms with Crippen molar-refractivity contribution in [1.29, 1.82) is 0 Å². The van der Waals surface area contributed by atoms with E-state index < -0.39 is 0 Å². The van der Waals surface area contributed by atoms with Crippen molar-refractivity contribution in [1.82, 2.24) is 9.97 Å². The fourth-order valence-electron chi connectivity index (χ4n) is 1.58. The first-order valence-corrected chi connectivity index (χ1v) is 6.17. The summed E-state index contributed by atoms with van der Waals surface area (Å²) in [5.74, 6) is 1.03. The molecule has 0 aliphatic carbocycles. The van der Waals surface area contributed by atoms with Gasteiger partial charge in [-0.05, 0) is 49.1 Å². The number of ether oxygens (including phenoxy) is 1. The lowest BCUT2D eigenvalue weighted by molar-refractivity contribution is 0.454. The molecule has 0 bridgehead atoms. The molecule has 0 amide bonds. The minimum atomic E-state index is 0.109. The van der Waals surface area contributed by atoms with E-state index in [9.17, 15) is 0 Å². The lowest BCUT2D eigenvalue weighted by Crippen LogP contribution is -1.96. The summed E-state index contributed by atoms with van der Waals surface area (Å²) in [7, 11) is 0. The maximum atomic E-state index is 5.98. The van der Waals surface area contributed by atoms with Gasteiger partial charge in [0.05, 0.1) is 6.20 Å². The van der Waals surface area contributed by atoms with E-state index in [4.69, 9.17) is 27.9 Å². The summed E-state index contributed by atoms with van der Waals surface area (Å²) in [5, 5.41) is 0.442. The van der Waals surface area contributed by atoms with Crippen LogP contribution in [-0.2, 0) is 0 Å². The second-order valence-corrected chi connectivity index (χ2v) is 4.79. The summed E-state index contributed by atoms with van der Waals surface area (Å²) < 4.78 is 5.76. The van der Waals surface area contributed by atoms with E-state index in [1.54, 1.807) is 0 Å². The molecule has 0 N–H and O–H groups in total. The second-order valence-electron chi connectivity index (χ2n) is 4.05. The molecule has 2 aromatic rings. The minimum absolute atomic E-state index is 0.109. The van der Waals surface area contributed by atoms with Gasteiger partial charge in [-0.1, -0.05) is 23.7 Å². The van der Waals surface area contributed by atoms with E-state index in [1.807, 2.05) is 32.9 Å². The molecule has 0 saturated heterocycles. The van der Waals surface area contributed by atoms with Gasteiger partial charge in [-0.2, -0.15) is 4.98 Å². The smallest absolute Gasteiger partial charge is 0.242 e. The number of aryl methyl sites for hydroxylation is 2. The maximum absolute atomic E-state index is 5.98. The normalized spacial score (nSPS) is 10.5. The molecular weight excluding hydrogens is 271 g/mol. The summed E-state index contributed by atoms with van der Waals surface area (Å²) in [6.45, 7) is 5.99. The van der Waals surface area contributed by atoms with Crippen LogP contribution in [-0.4, -0.2) is 9.97 Å². The maximum Gasteiger partial charge on any atom is 0.242 e. The van der Waals surface area contributed by atoms with Gasteiger partial charge < -0.3 is 4.74 Å². The molecule has 0 radical (unpaired) electrons. The molecule has 1 heterocycles. The second kappa shape index (κ2) is 5.12. The molecule has 2 rings (SSSR count). The van der Waals surface area contributed by atoms with Crippen LogP contribution in [0.25, 0.3) is 0 Å². The van der Waals surface area contributed by atoms with Crippen LogP contribution >= 0.6 is 23.2 Å². The molecule has 5 heteroatoms. The van der Waals surface area contributed by atoms with Gasteiger partial charge >= 0.3 is 0 Å². The lowest BCUT2D eigenvalue weighted by atomic mass is 10.1. The zero-order valence-electron chi connectivity index (χ0n) is 10.3. The summed E-state index contributed by atoms with van der Waals surface area (Å²) in [6, 6.07) is 4.04. The van der Waals surface area contributed by atoms with Crippen LogP contribution in [0.4, 0.5) is 0 Å². The highest BCUT2D eigenvalue weighted by atomic mass is 35.5. The first-order valence-electron chi connectivity index (χ1n) is 5.41. The Hall–Kier alpha value is -1.32. The number of halogens is 2. The van der Waals surface area contributed by atoms with E-state index in [1.165, 1.54) is 6.20 Å². The molecule has 0 aliphatic rings. The zero-order valence-corrected chi connectivity index (χ0v) is 11.8. The predicted octanol–water partition coefficient (Wildman–Crippen LogP) is 4.50. The van der Waals surface area contributed by atoms with Crippen LogP contribution in [0.2, 0.25) is 10.3 Å². The molecular formula is C13H12Cl2N2O. The topological polar surface area (TPSA) is 35.0 Å². The Morgan fingerprint density at radius 2 is 1.72 bits per heavy atom. The van der Waals surface area contributed by atoms with Gasteiger partial charge in [0, 0.05) is 0 Å². The van der Waals surface area contributed by atoms with Gasteiger partial charge in [0.15, 0.2) is 0 Å². The number of hydrogen-bond acceptors (Lipinski definition) is 3. The largest absolute Gasteiger partial charge is 0.437 e. The summed E-state index contributed by atoms with van der Waals surface area (Å²) in [5.41, 5.74) is 3.22. The Kier molecular flexibility index (Phi) is 3.73. The molecule has 18 heavy (non-hydrogen) atoms. The molecule has 0 unspecified atom stereocenters. The first kappa shape index (κ1) is 13.1. The Balaban J connectivity index is 2.46. The van der Waals surface area contributed by atoms with Gasteiger partial charge in [-0.15, -0.1) is 0 Å². The highest BCUT2D eigenvalue weighted by Crippen LogP contribution is 2.33. The van der Waals surface area contributed by atoms with Crippen molar-refractivity contribution in [3.8, 4) is 11.6 Å². The average Bonchev–Trinajstić information content (AvgIpc) is 2.34. The fourth-order valence-corrected chi connectivity index (χ4v) is 1.84. The lowest BCUT2D eigenvalue weighted by Gasteiger charge is -2.13. The van der Waals surface area contributed by atoms with Crippen LogP contribution in [0.3, 0.4) is 0 Å². The average molecular weight is 283 g/mol. The first-order chi connectivity index (χ1) is 8.49. The SMILES string of the molecule is Cc1ccc(C)c(Oc2nc(Cl)ncc2Cl)c1C. The third-order valence-electron chi connectivity index (χ3n) is 2.75. The van der Waals surface area contributed by atoms with Crippen LogP contribution in [0.1, 0.15) is 16.7 Å². The quantitative estimate of drug-likeness (QED) is 0.761. The minimum Gasteiger partial charge on any atom is -0.437 e. The highest BCUT2D eigenvalue weighted by Gasteiger charge is 2.12. The van der Waals surface area contributed by atoms with Gasteiger partial charge in [0.2, 0.25) is 11.2 Å². The highest BCUT2D eigenvalue weighted by molar-refractivity contribution is 6.32. The van der Waals surface area contributed by atoms with Crippen LogP contribution in [0, 0.1) is 20.8 Å². The van der Waals surface area contributed by atoms with Crippen molar-refractivity contribution in [2.24, 2.45) is 0 Å². The molecule has 1 aromatic carbocycles. The van der Waals surface area contributed by atoms with Crippen molar-refractivity contribution < 1.29 is 4.74 Å². The van der Waals surface area contributed by atoms with E-state index in [2.05, 4.69) is 9.97 Å². The van der Waals surface area contributed by atoms with Crippen molar-refractivity contribution in [3.63, 3.8) is 0 Å². The summed E-state index contributed by atoms with van der Waals surface area (Å²) >= 11 is 11.7. The Bertz CT molecular complexity index is 600. The number of hydrogen-bond donors (Lipinski definition) is 0. The van der Waals surface area contributed by atoms with E-state index >= 15 is 0 Å². The molecule has 0 spiro atoms. The van der Waals surface area contributed by atoms with Gasteiger partial charge in [-0.3, -0.25) is 0 Å². The van der Waals surface area contributed by atoms with E-state index in [0.717, 1.165) is 22.4 Å².